The first-order valence-electron chi connectivity index (χ1n) is 11.0. The van der Waals surface area contributed by atoms with Crippen molar-refractivity contribution < 1.29 is 9.21 Å². The Hall–Kier alpha value is -4.10. The van der Waals surface area contributed by atoms with Crippen LogP contribution in [-0.4, -0.2) is 21.1 Å². The molecule has 0 fully saturated rings. The predicted octanol–water partition coefficient (Wildman–Crippen LogP) is 6.02. The molecule has 0 saturated heterocycles. The number of anilines is 1. The van der Waals surface area contributed by atoms with Crippen LogP contribution in [0.1, 0.15) is 22.9 Å². The van der Waals surface area contributed by atoms with Gasteiger partial charge in [-0.2, -0.15) is 0 Å². The molecule has 5 aromatic rings. The van der Waals surface area contributed by atoms with E-state index in [1.165, 1.54) is 11.3 Å². The highest BCUT2D eigenvalue weighted by molar-refractivity contribution is 7.15. The summed E-state index contributed by atoms with van der Waals surface area (Å²) in [5.74, 6) is 1.08. The predicted molar refractivity (Wildman–Crippen MR) is 133 cm³/mol. The Morgan fingerprint density at radius 1 is 0.824 bits per heavy atom. The molecule has 2 aromatic heterocycles. The lowest BCUT2D eigenvalue weighted by molar-refractivity contribution is -0.116. The number of carbonyl (C=O) groups is 1. The summed E-state index contributed by atoms with van der Waals surface area (Å²) in [4.78, 5) is 17.3. The number of hydrogen-bond acceptors (Lipinski definition) is 6. The number of amides is 1. The van der Waals surface area contributed by atoms with Gasteiger partial charge in [-0.3, -0.25) is 4.79 Å². The lowest BCUT2D eigenvalue weighted by atomic mass is 10.1. The zero-order valence-electron chi connectivity index (χ0n) is 18.3. The van der Waals surface area contributed by atoms with Crippen molar-refractivity contribution in [2.24, 2.45) is 0 Å². The number of aromatic nitrogens is 3. The number of carbonyl (C=O) groups excluding carboxylic acids is 1. The maximum absolute atomic E-state index is 12.5. The van der Waals surface area contributed by atoms with Crippen LogP contribution in [0.3, 0.4) is 0 Å². The van der Waals surface area contributed by atoms with Crippen LogP contribution in [-0.2, 0) is 17.6 Å². The van der Waals surface area contributed by atoms with Crippen molar-refractivity contribution in [3.63, 3.8) is 0 Å². The Balaban J connectivity index is 1.25. The van der Waals surface area contributed by atoms with Crippen molar-refractivity contribution in [2.75, 3.05) is 5.32 Å². The van der Waals surface area contributed by atoms with Gasteiger partial charge in [0.05, 0.1) is 0 Å². The second kappa shape index (κ2) is 10.2. The Labute approximate surface area is 201 Å². The highest BCUT2D eigenvalue weighted by Crippen LogP contribution is 2.32. The van der Waals surface area contributed by atoms with E-state index >= 15 is 0 Å². The van der Waals surface area contributed by atoms with Gasteiger partial charge in [0, 0.05) is 30.4 Å². The van der Waals surface area contributed by atoms with E-state index in [-0.39, 0.29) is 12.3 Å². The number of hydrogen-bond donors (Lipinski definition) is 1. The third kappa shape index (κ3) is 5.27. The molecule has 1 amide bonds. The minimum absolute atomic E-state index is 0.150. The van der Waals surface area contributed by atoms with E-state index in [2.05, 4.69) is 15.5 Å². The van der Waals surface area contributed by atoms with Crippen LogP contribution in [0.15, 0.2) is 95.4 Å². The fourth-order valence-corrected chi connectivity index (χ4v) is 4.39. The molecule has 0 spiro atoms. The summed E-state index contributed by atoms with van der Waals surface area (Å²) < 4.78 is 6.11. The molecule has 0 bridgehead atoms. The third-order valence-electron chi connectivity index (χ3n) is 5.23. The van der Waals surface area contributed by atoms with Crippen molar-refractivity contribution in [1.29, 1.82) is 0 Å². The van der Waals surface area contributed by atoms with Crippen LogP contribution in [0.4, 0.5) is 5.13 Å². The van der Waals surface area contributed by atoms with Gasteiger partial charge in [-0.15, -0.1) is 10.2 Å². The maximum atomic E-state index is 12.5. The molecule has 168 valence electrons. The van der Waals surface area contributed by atoms with Crippen molar-refractivity contribution in [2.45, 2.75) is 19.3 Å². The van der Waals surface area contributed by atoms with Gasteiger partial charge in [-0.1, -0.05) is 102 Å². The molecule has 34 heavy (non-hydrogen) atoms. The molecule has 3 aromatic carbocycles. The van der Waals surface area contributed by atoms with Crippen molar-refractivity contribution in [3.05, 3.63) is 107 Å². The van der Waals surface area contributed by atoms with Crippen molar-refractivity contribution >= 4 is 22.4 Å². The van der Waals surface area contributed by atoms with E-state index < -0.39 is 0 Å². The Bertz CT molecular complexity index is 1310. The topological polar surface area (TPSA) is 80.9 Å². The number of rotatable bonds is 8. The standard InChI is InChI=1S/C27H22N4O2S/c32-22(28-27-31-30-24(34-27)18-19-10-4-1-5-11-19)16-17-23-29-25(20-12-6-2-7-13-20)26(33-23)21-14-8-3-9-15-21/h1-15H,16-18H2,(H,28,31,32). The van der Waals surface area contributed by atoms with E-state index in [1.54, 1.807) is 0 Å². The van der Waals surface area contributed by atoms with Crippen LogP contribution < -0.4 is 5.32 Å². The summed E-state index contributed by atoms with van der Waals surface area (Å²) in [6.07, 6.45) is 1.31. The smallest absolute Gasteiger partial charge is 0.226 e. The number of benzene rings is 3. The normalized spacial score (nSPS) is 10.8. The van der Waals surface area contributed by atoms with E-state index in [0.29, 0.717) is 29.6 Å². The molecule has 0 aliphatic rings. The van der Waals surface area contributed by atoms with E-state index in [9.17, 15) is 4.79 Å². The monoisotopic (exact) mass is 466 g/mol. The second-order valence-corrected chi connectivity index (χ2v) is 8.79. The number of nitrogens with zero attached hydrogens (tertiary/aromatic N) is 3. The van der Waals surface area contributed by atoms with Gasteiger partial charge in [0.2, 0.25) is 11.0 Å². The molecular formula is C27H22N4O2S. The third-order valence-corrected chi connectivity index (χ3v) is 6.07. The fraction of sp³-hybridized carbons (Fsp3) is 0.111. The van der Waals surface area contributed by atoms with E-state index in [1.807, 2.05) is 91.0 Å². The van der Waals surface area contributed by atoms with Gasteiger partial charge < -0.3 is 9.73 Å². The van der Waals surface area contributed by atoms with Gasteiger partial charge in [-0.05, 0) is 5.56 Å². The van der Waals surface area contributed by atoms with E-state index in [4.69, 9.17) is 9.40 Å². The first-order valence-corrected chi connectivity index (χ1v) is 11.8. The Morgan fingerprint density at radius 2 is 1.47 bits per heavy atom. The zero-order chi connectivity index (χ0) is 23.2. The van der Waals surface area contributed by atoms with Gasteiger partial charge in [-0.25, -0.2) is 4.98 Å². The molecular weight excluding hydrogens is 444 g/mol. The molecule has 1 N–H and O–H groups in total. The largest absolute Gasteiger partial charge is 0.440 e. The average Bonchev–Trinajstić information content (AvgIpc) is 3.51. The summed E-state index contributed by atoms with van der Waals surface area (Å²) in [7, 11) is 0. The number of oxazole rings is 1. The Kier molecular flexibility index (Phi) is 6.54. The van der Waals surface area contributed by atoms with Crippen LogP contribution in [0, 0.1) is 0 Å². The second-order valence-electron chi connectivity index (χ2n) is 7.73. The summed E-state index contributed by atoms with van der Waals surface area (Å²) in [6.45, 7) is 0. The first-order chi connectivity index (χ1) is 16.7. The molecule has 0 radical (unpaired) electrons. The molecule has 0 aliphatic heterocycles. The minimum Gasteiger partial charge on any atom is -0.440 e. The highest BCUT2D eigenvalue weighted by atomic mass is 32.1. The summed E-state index contributed by atoms with van der Waals surface area (Å²) >= 11 is 1.39. The SMILES string of the molecule is O=C(CCc1nc(-c2ccccc2)c(-c2ccccc2)o1)Nc1nnc(Cc2ccccc2)s1. The fourth-order valence-electron chi connectivity index (χ4n) is 3.60. The quantitative estimate of drug-likeness (QED) is 0.302. The maximum Gasteiger partial charge on any atom is 0.226 e. The molecule has 2 heterocycles. The number of nitrogens with one attached hydrogen (secondary N) is 1. The van der Waals surface area contributed by atoms with Crippen molar-refractivity contribution in [1.82, 2.24) is 15.2 Å². The van der Waals surface area contributed by atoms with Gasteiger partial charge in [0.15, 0.2) is 11.7 Å². The lowest BCUT2D eigenvalue weighted by Crippen LogP contribution is -2.12. The Morgan fingerprint density at radius 3 is 2.18 bits per heavy atom. The molecule has 6 nitrogen and oxygen atoms in total. The summed E-state index contributed by atoms with van der Waals surface area (Å²) in [5, 5.41) is 12.5. The van der Waals surface area contributed by atoms with Gasteiger partial charge in [0.25, 0.3) is 0 Å². The lowest BCUT2D eigenvalue weighted by Gasteiger charge is -2.00. The number of aryl methyl sites for hydroxylation is 1. The average molecular weight is 467 g/mol. The highest BCUT2D eigenvalue weighted by Gasteiger charge is 2.18. The molecule has 0 atom stereocenters. The van der Waals surface area contributed by atoms with Crippen LogP contribution in [0.5, 0.6) is 0 Å². The summed E-state index contributed by atoms with van der Waals surface area (Å²) in [5.41, 5.74) is 3.85. The molecule has 0 saturated carbocycles. The minimum atomic E-state index is -0.150. The van der Waals surface area contributed by atoms with Crippen LogP contribution in [0.25, 0.3) is 22.6 Å². The van der Waals surface area contributed by atoms with Crippen LogP contribution in [0.2, 0.25) is 0 Å². The van der Waals surface area contributed by atoms with Gasteiger partial charge >= 0.3 is 0 Å². The zero-order valence-corrected chi connectivity index (χ0v) is 19.2. The summed E-state index contributed by atoms with van der Waals surface area (Å²) in [6, 6.07) is 29.9. The molecule has 0 aliphatic carbocycles. The van der Waals surface area contributed by atoms with E-state index in [0.717, 1.165) is 27.4 Å². The van der Waals surface area contributed by atoms with Gasteiger partial charge in [0.1, 0.15) is 10.7 Å². The van der Waals surface area contributed by atoms with Crippen molar-refractivity contribution in [3.8, 4) is 22.6 Å². The van der Waals surface area contributed by atoms with Crippen LogP contribution >= 0.6 is 11.3 Å². The molecule has 0 unspecified atom stereocenters. The first kappa shape index (κ1) is 21.7. The molecule has 5 rings (SSSR count). The molecule has 7 heteroatoms.